The van der Waals surface area contributed by atoms with Crippen molar-refractivity contribution in [1.82, 2.24) is 9.62 Å². The maximum atomic E-state index is 12.3. The molecule has 0 aliphatic carbocycles. The Morgan fingerprint density at radius 2 is 2.28 bits per heavy atom. The van der Waals surface area contributed by atoms with Gasteiger partial charge >= 0.3 is 0 Å². The zero-order valence-electron chi connectivity index (χ0n) is 9.93. The van der Waals surface area contributed by atoms with Crippen molar-refractivity contribution in [3.8, 4) is 0 Å². The summed E-state index contributed by atoms with van der Waals surface area (Å²) in [6.45, 7) is 2.13. The molecule has 4 nitrogen and oxygen atoms in total. The van der Waals surface area contributed by atoms with Gasteiger partial charge in [-0.3, -0.25) is 0 Å². The molecule has 0 radical (unpaired) electrons. The van der Waals surface area contributed by atoms with Gasteiger partial charge in [0.1, 0.15) is 4.21 Å². The zero-order chi connectivity index (χ0) is 12.5. The highest BCUT2D eigenvalue weighted by atomic mass is 79.9. The van der Waals surface area contributed by atoms with E-state index >= 15 is 0 Å². The minimum Gasteiger partial charge on any atom is -0.319 e. The summed E-state index contributed by atoms with van der Waals surface area (Å²) in [4.78, 5) is 0. The number of nitrogens with one attached hydrogen (secondary N) is 1. The molecule has 1 aliphatic heterocycles. The summed E-state index contributed by atoms with van der Waals surface area (Å²) in [6.07, 6.45) is 0.937. The largest absolute Gasteiger partial charge is 0.319 e. The minimum atomic E-state index is -3.28. The Labute approximate surface area is 126 Å². The minimum absolute atomic E-state index is 0. The standard InChI is InChI=1S/C10H15BrN2O2S2.ClH/c1-12-6-8-4-5-13(7-8)17(14,15)10-3-2-9(11)16-10;/h2-3,8,12H,4-7H2,1H3;1H. The van der Waals surface area contributed by atoms with Crippen LogP contribution in [0.4, 0.5) is 0 Å². The normalized spacial score (nSPS) is 20.9. The summed E-state index contributed by atoms with van der Waals surface area (Å²) < 4.78 is 27.5. The van der Waals surface area contributed by atoms with Gasteiger partial charge < -0.3 is 5.32 Å². The average molecular weight is 376 g/mol. The van der Waals surface area contributed by atoms with Crippen LogP contribution < -0.4 is 5.32 Å². The van der Waals surface area contributed by atoms with Gasteiger partial charge in [-0.1, -0.05) is 0 Å². The highest BCUT2D eigenvalue weighted by Crippen LogP contribution is 2.31. The van der Waals surface area contributed by atoms with Gasteiger partial charge in [-0.05, 0) is 54.0 Å². The van der Waals surface area contributed by atoms with Gasteiger partial charge in [0.25, 0.3) is 10.0 Å². The number of sulfonamides is 1. The molecule has 1 saturated heterocycles. The first-order chi connectivity index (χ1) is 8.04. The van der Waals surface area contributed by atoms with Gasteiger partial charge in [0, 0.05) is 13.1 Å². The molecule has 1 aromatic heterocycles. The number of thiophene rings is 1. The molecule has 18 heavy (non-hydrogen) atoms. The predicted molar refractivity (Wildman–Crippen MR) is 80.1 cm³/mol. The van der Waals surface area contributed by atoms with Gasteiger partial charge in [-0.15, -0.1) is 23.7 Å². The number of nitrogens with zero attached hydrogens (tertiary/aromatic N) is 1. The van der Waals surface area contributed by atoms with Crippen molar-refractivity contribution in [1.29, 1.82) is 0 Å². The van der Waals surface area contributed by atoms with Crippen LogP contribution in [0.5, 0.6) is 0 Å². The fourth-order valence-corrected chi connectivity index (χ4v) is 5.73. The Kier molecular flexibility index (Phi) is 6.08. The lowest BCUT2D eigenvalue weighted by Gasteiger charge is -2.15. The molecule has 1 atom stereocenters. The molecule has 1 N–H and O–H groups in total. The molecule has 1 unspecified atom stereocenters. The van der Waals surface area contributed by atoms with E-state index in [0.717, 1.165) is 16.8 Å². The van der Waals surface area contributed by atoms with Crippen LogP contribution in [0.1, 0.15) is 6.42 Å². The van der Waals surface area contributed by atoms with Crippen LogP contribution in [0.15, 0.2) is 20.1 Å². The first-order valence-electron chi connectivity index (χ1n) is 5.44. The summed E-state index contributed by atoms with van der Waals surface area (Å²) in [5.41, 5.74) is 0. The second-order valence-corrected chi connectivity index (χ2v) is 8.76. The molecule has 1 fully saturated rings. The summed E-state index contributed by atoms with van der Waals surface area (Å²) in [6, 6.07) is 3.44. The van der Waals surface area contributed by atoms with E-state index in [-0.39, 0.29) is 12.4 Å². The summed E-state index contributed by atoms with van der Waals surface area (Å²) in [5, 5.41) is 3.10. The van der Waals surface area contributed by atoms with Gasteiger partial charge in [-0.25, -0.2) is 8.42 Å². The van der Waals surface area contributed by atoms with Crippen molar-refractivity contribution in [2.45, 2.75) is 10.6 Å². The third-order valence-corrected chi connectivity index (χ3v) is 6.84. The van der Waals surface area contributed by atoms with E-state index in [1.807, 2.05) is 7.05 Å². The van der Waals surface area contributed by atoms with Crippen molar-refractivity contribution >= 4 is 49.7 Å². The van der Waals surface area contributed by atoms with Crippen LogP contribution in [0.3, 0.4) is 0 Å². The molecular formula is C10H16BrClN2O2S2. The average Bonchev–Trinajstić information content (AvgIpc) is 2.88. The Balaban J connectivity index is 0.00000162. The maximum absolute atomic E-state index is 12.3. The van der Waals surface area contributed by atoms with Crippen LogP contribution >= 0.6 is 39.7 Å². The molecule has 1 aliphatic rings. The number of hydrogen-bond acceptors (Lipinski definition) is 4. The van der Waals surface area contributed by atoms with Crippen LogP contribution in [-0.4, -0.2) is 39.4 Å². The molecule has 0 amide bonds. The molecule has 0 aromatic carbocycles. The lowest BCUT2D eigenvalue weighted by Crippen LogP contribution is -2.29. The summed E-state index contributed by atoms with van der Waals surface area (Å²) >= 11 is 4.56. The van der Waals surface area contributed by atoms with Crippen molar-refractivity contribution in [2.75, 3.05) is 26.7 Å². The molecule has 1 aromatic rings. The first-order valence-corrected chi connectivity index (χ1v) is 8.49. The third-order valence-electron chi connectivity index (χ3n) is 2.88. The first kappa shape index (κ1) is 16.4. The van der Waals surface area contributed by atoms with E-state index in [0.29, 0.717) is 23.2 Å². The lowest BCUT2D eigenvalue weighted by atomic mass is 10.1. The van der Waals surface area contributed by atoms with E-state index in [9.17, 15) is 8.42 Å². The quantitative estimate of drug-likeness (QED) is 0.877. The SMILES string of the molecule is CNCC1CCN(S(=O)(=O)c2ccc(Br)s2)C1.Cl. The third kappa shape index (κ3) is 3.46. The zero-order valence-corrected chi connectivity index (χ0v) is 14.0. The second kappa shape index (κ2) is 6.67. The Morgan fingerprint density at radius 1 is 1.56 bits per heavy atom. The smallest absolute Gasteiger partial charge is 0.252 e. The highest BCUT2D eigenvalue weighted by molar-refractivity contribution is 9.11. The molecule has 2 heterocycles. The van der Waals surface area contributed by atoms with Crippen molar-refractivity contribution in [3.05, 3.63) is 15.9 Å². The molecule has 2 rings (SSSR count). The molecule has 0 spiro atoms. The maximum Gasteiger partial charge on any atom is 0.252 e. The van der Waals surface area contributed by atoms with E-state index in [4.69, 9.17) is 0 Å². The van der Waals surface area contributed by atoms with Gasteiger partial charge in [0.2, 0.25) is 0 Å². The Morgan fingerprint density at radius 3 is 2.83 bits per heavy atom. The Hall–Kier alpha value is 0.340. The van der Waals surface area contributed by atoms with Gasteiger partial charge in [0.15, 0.2) is 0 Å². The van der Waals surface area contributed by atoms with Gasteiger partial charge in [-0.2, -0.15) is 4.31 Å². The lowest BCUT2D eigenvalue weighted by molar-refractivity contribution is 0.452. The fraction of sp³-hybridized carbons (Fsp3) is 0.600. The fourth-order valence-electron chi connectivity index (χ4n) is 2.03. The predicted octanol–water partition coefficient (Wildman–Crippen LogP) is 2.16. The second-order valence-electron chi connectivity index (χ2n) is 4.13. The van der Waals surface area contributed by atoms with E-state index in [2.05, 4.69) is 21.2 Å². The van der Waals surface area contributed by atoms with E-state index in [1.165, 1.54) is 11.3 Å². The van der Waals surface area contributed by atoms with Crippen LogP contribution in [0.2, 0.25) is 0 Å². The van der Waals surface area contributed by atoms with E-state index in [1.54, 1.807) is 16.4 Å². The number of hydrogen-bond donors (Lipinski definition) is 1. The molecule has 8 heteroatoms. The van der Waals surface area contributed by atoms with Crippen LogP contribution in [-0.2, 0) is 10.0 Å². The summed E-state index contributed by atoms with van der Waals surface area (Å²) in [7, 11) is -1.38. The van der Waals surface area contributed by atoms with Crippen LogP contribution in [0, 0.1) is 5.92 Å². The van der Waals surface area contributed by atoms with E-state index < -0.39 is 10.0 Å². The van der Waals surface area contributed by atoms with Gasteiger partial charge in [0.05, 0.1) is 3.79 Å². The van der Waals surface area contributed by atoms with Crippen molar-refractivity contribution < 1.29 is 8.42 Å². The van der Waals surface area contributed by atoms with Crippen molar-refractivity contribution in [2.24, 2.45) is 5.92 Å². The highest BCUT2D eigenvalue weighted by Gasteiger charge is 2.32. The topological polar surface area (TPSA) is 49.4 Å². The molecule has 0 saturated carbocycles. The number of rotatable bonds is 4. The summed E-state index contributed by atoms with van der Waals surface area (Å²) in [5.74, 6) is 0.429. The van der Waals surface area contributed by atoms with Crippen LogP contribution in [0.25, 0.3) is 0 Å². The number of halogens is 2. The molecular weight excluding hydrogens is 360 g/mol. The monoisotopic (exact) mass is 374 g/mol. The molecule has 104 valence electrons. The van der Waals surface area contributed by atoms with Crippen molar-refractivity contribution in [3.63, 3.8) is 0 Å². The molecule has 0 bridgehead atoms. The Bertz CT molecular complexity index is 492.